The second-order valence-corrected chi connectivity index (χ2v) is 6.77. The number of carbonyl (C=O) groups is 1. The van der Waals surface area contributed by atoms with Gasteiger partial charge in [0, 0.05) is 51.6 Å². The normalized spacial score (nSPS) is 17.4. The third-order valence-corrected chi connectivity index (χ3v) is 4.39. The molecule has 8 heteroatoms. The van der Waals surface area contributed by atoms with Gasteiger partial charge in [0.15, 0.2) is 5.82 Å². The van der Waals surface area contributed by atoms with Gasteiger partial charge in [-0.05, 0) is 19.9 Å². The lowest BCUT2D eigenvalue weighted by Gasteiger charge is -2.35. The second-order valence-electron chi connectivity index (χ2n) is 6.77. The summed E-state index contributed by atoms with van der Waals surface area (Å²) in [5, 5.41) is 4.34. The number of rotatable bonds is 5. The molecule has 1 aliphatic rings. The number of nitrogens with zero attached hydrogens (tertiary/aromatic N) is 6. The minimum atomic E-state index is -0.255. The van der Waals surface area contributed by atoms with E-state index in [9.17, 15) is 4.79 Å². The number of hydrogen-bond acceptors (Lipinski definition) is 6. The third-order valence-electron chi connectivity index (χ3n) is 4.39. The molecule has 140 valence electrons. The van der Waals surface area contributed by atoms with Gasteiger partial charge >= 0.3 is 0 Å². The summed E-state index contributed by atoms with van der Waals surface area (Å²) in [7, 11) is 3.88. The average molecular weight is 358 g/mol. The van der Waals surface area contributed by atoms with Gasteiger partial charge in [-0.1, -0.05) is 0 Å². The van der Waals surface area contributed by atoms with Crippen molar-refractivity contribution in [2.24, 2.45) is 0 Å². The van der Waals surface area contributed by atoms with Crippen LogP contribution >= 0.6 is 0 Å². The van der Waals surface area contributed by atoms with Crippen LogP contribution in [0.25, 0.3) is 0 Å². The summed E-state index contributed by atoms with van der Waals surface area (Å²) in [4.78, 5) is 25.8. The predicted molar refractivity (Wildman–Crippen MR) is 98.0 cm³/mol. The van der Waals surface area contributed by atoms with Crippen molar-refractivity contribution < 1.29 is 9.53 Å². The van der Waals surface area contributed by atoms with E-state index in [1.54, 1.807) is 4.68 Å². The minimum Gasteiger partial charge on any atom is -0.377 e. The highest BCUT2D eigenvalue weighted by molar-refractivity contribution is 5.76. The van der Waals surface area contributed by atoms with E-state index < -0.39 is 0 Å². The Bertz CT molecular complexity index is 773. The summed E-state index contributed by atoms with van der Waals surface area (Å²) in [5.74, 6) is 1.54. The monoisotopic (exact) mass is 358 g/mol. The molecule has 0 aromatic carbocycles. The lowest BCUT2D eigenvalue weighted by atomic mass is 10.2. The highest BCUT2D eigenvalue weighted by Gasteiger charge is 2.31. The van der Waals surface area contributed by atoms with Crippen LogP contribution in [0.1, 0.15) is 29.7 Å². The Hall–Kier alpha value is -2.48. The number of amides is 1. The van der Waals surface area contributed by atoms with E-state index in [0.717, 1.165) is 17.2 Å². The van der Waals surface area contributed by atoms with E-state index in [1.807, 2.05) is 56.1 Å². The summed E-state index contributed by atoms with van der Waals surface area (Å²) >= 11 is 0. The fourth-order valence-corrected chi connectivity index (χ4v) is 3.01. The van der Waals surface area contributed by atoms with Gasteiger partial charge in [-0.25, -0.2) is 9.97 Å². The fraction of sp³-hybridized carbons (Fsp3) is 0.556. The predicted octanol–water partition coefficient (Wildman–Crippen LogP) is 1.35. The summed E-state index contributed by atoms with van der Waals surface area (Å²) in [6.07, 6.45) is 2.29. The Balaban J connectivity index is 1.76. The molecule has 1 fully saturated rings. The maximum absolute atomic E-state index is 12.8. The van der Waals surface area contributed by atoms with Crippen LogP contribution in [0.4, 0.5) is 5.82 Å². The van der Waals surface area contributed by atoms with Crippen molar-refractivity contribution in [1.82, 2.24) is 24.6 Å². The first kappa shape index (κ1) is 18.3. The molecule has 26 heavy (non-hydrogen) atoms. The van der Waals surface area contributed by atoms with Gasteiger partial charge in [0.05, 0.1) is 18.9 Å². The van der Waals surface area contributed by atoms with Gasteiger partial charge in [0.25, 0.3) is 0 Å². The van der Waals surface area contributed by atoms with Crippen molar-refractivity contribution in [3.8, 4) is 0 Å². The molecule has 1 atom stereocenters. The molecule has 2 aromatic rings. The van der Waals surface area contributed by atoms with E-state index in [0.29, 0.717) is 38.5 Å². The van der Waals surface area contributed by atoms with Gasteiger partial charge in [0.1, 0.15) is 11.9 Å². The number of aromatic nitrogens is 4. The smallest absolute Gasteiger partial charge is 0.225 e. The Morgan fingerprint density at radius 1 is 1.31 bits per heavy atom. The van der Waals surface area contributed by atoms with Crippen molar-refractivity contribution in [1.29, 1.82) is 0 Å². The van der Waals surface area contributed by atoms with Crippen LogP contribution in [0.15, 0.2) is 18.3 Å². The molecule has 0 spiro atoms. The number of hydrogen-bond donors (Lipinski definition) is 0. The van der Waals surface area contributed by atoms with E-state index in [2.05, 4.69) is 15.1 Å². The molecule has 8 nitrogen and oxygen atoms in total. The molecule has 1 aliphatic heterocycles. The molecular weight excluding hydrogens is 332 g/mol. The molecule has 3 rings (SSSR count). The van der Waals surface area contributed by atoms with Crippen molar-refractivity contribution >= 4 is 11.7 Å². The average Bonchev–Trinajstić information content (AvgIpc) is 3.04. The molecule has 2 aromatic heterocycles. The van der Waals surface area contributed by atoms with Crippen molar-refractivity contribution in [2.75, 3.05) is 38.8 Å². The molecule has 0 radical (unpaired) electrons. The Kier molecular flexibility index (Phi) is 5.51. The number of carbonyl (C=O) groups excluding carboxylic acids is 1. The van der Waals surface area contributed by atoms with E-state index in [-0.39, 0.29) is 11.9 Å². The van der Waals surface area contributed by atoms with Gasteiger partial charge in [0.2, 0.25) is 5.91 Å². The molecule has 0 unspecified atom stereocenters. The number of morpholine rings is 1. The Labute approximate surface area is 153 Å². The van der Waals surface area contributed by atoms with Gasteiger partial charge < -0.3 is 14.5 Å². The van der Waals surface area contributed by atoms with Crippen LogP contribution < -0.4 is 4.90 Å². The summed E-state index contributed by atoms with van der Waals surface area (Å²) < 4.78 is 7.42. The zero-order valence-electron chi connectivity index (χ0n) is 15.8. The summed E-state index contributed by atoms with van der Waals surface area (Å²) in [6, 6.07) is 3.61. The van der Waals surface area contributed by atoms with Crippen molar-refractivity contribution in [3.05, 3.63) is 35.5 Å². The molecule has 0 N–H and O–H groups in total. The summed E-state index contributed by atoms with van der Waals surface area (Å²) in [6.45, 7) is 5.95. The highest BCUT2D eigenvalue weighted by Crippen LogP contribution is 2.24. The molecule has 1 saturated heterocycles. The second kappa shape index (κ2) is 7.82. The standard InChI is InChI=1S/C18H26N6O2/c1-13-5-7-23(21-13)8-6-17(25)24-9-10-26-12-15(24)18-19-14(2)11-16(20-18)22(3)4/h5,7,11,15H,6,8-10,12H2,1-4H3/t15-/m1/s1. The largest absolute Gasteiger partial charge is 0.377 e. The first-order chi connectivity index (χ1) is 12.4. The maximum atomic E-state index is 12.8. The third kappa shape index (κ3) is 4.19. The topological polar surface area (TPSA) is 76.4 Å². The molecule has 1 amide bonds. The SMILES string of the molecule is Cc1cc(N(C)C)nc([C@H]2COCCN2C(=O)CCn2ccc(C)n2)n1. The first-order valence-electron chi connectivity index (χ1n) is 8.84. The van der Waals surface area contributed by atoms with Crippen LogP contribution in [0.2, 0.25) is 0 Å². The van der Waals surface area contributed by atoms with Gasteiger partial charge in [-0.3, -0.25) is 9.48 Å². The molecule has 0 aliphatic carbocycles. The number of ether oxygens (including phenoxy) is 1. The maximum Gasteiger partial charge on any atom is 0.225 e. The van der Waals surface area contributed by atoms with E-state index in [4.69, 9.17) is 4.74 Å². The van der Waals surface area contributed by atoms with Gasteiger partial charge in [-0.2, -0.15) is 5.10 Å². The van der Waals surface area contributed by atoms with Crippen molar-refractivity contribution in [2.45, 2.75) is 32.9 Å². The molecule has 3 heterocycles. The number of aryl methyl sites for hydroxylation is 3. The quantitative estimate of drug-likeness (QED) is 0.803. The Morgan fingerprint density at radius 3 is 2.81 bits per heavy atom. The van der Waals surface area contributed by atoms with Crippen LogP contribution in [-0.2, 0) is 16.1 Å². The van der Waals surface area contributed by atoms with Crippen LogP contribution in [0, 0.1) is 13.8 Å². The van der Waals surface area contributed by atoms with Crippen molar-refractivity contribution in [3.63, 3.8) is 0 Å². The van der Waals surface area contributed by atoms with E-state index in [1.165, 1.54) is 0 Å². The zero-order chi connectivity index (χ0) is 18.7. The summed E-state index contributed by atoms with van der Waals surface area (Å²) in [5.41, 5.74) is 1.83. The van der Waals surface area contributed by atoms with Crippen LogP contribution in [-0.4, -0.2) is 64.4 Å². The molecular formula is C18H26N6O2. The number of anilines is 1. The fourth-order valence-electron chi connectivity index (χ4n) is 3.01. The van der Waals surface area contributed by atoms with Crippen LogP contribution in [0.5, 0.6) is 0 Å². The Morgan fingerprint density at radius 2 is 2.12 bits per heavy atom. The van der Waals surface area contributed by atoms with E-state index >= 15 is 0 Å². The van der Waals surface area contributed by atoms with Crippen LogP contribution in [0.3, 0.4) is 0 Å². The lowest BCUT2D eigenvalue weighted by Crippen LogP contribution is -2.44. The zero-order valence-corrected chi connectivity index (χ0v) is 15.8. The molecule has 0 saturated carbocycles. The lowest BCUT2D eigenvalue weighted by molar-refractivity contribution is -0.140. The highest BCUT2D eigenvalue weighted by atomic mass is 16.5. The van der Waals surface area contributed by atoms with Gasteiger partial charge in [-0.15, -0.1) is 0 Å². The molecule has 0 bridgehead atoms. The first-order valence-corrected chi connectivity index (χ1v) is 8.84. The minimum absolute atomic E-state index is 0.0722.